The number of nitrogens with zero attached hydrogens (tertiary/aromatic N) is 1. The summed E-state index contributed by atoms with van der Waals surface area (Å²) in [6.45, 7) is 3.76. The van der Waals surface area contributed by atoms with Crippen LogP contribution in [0.1, 0.15) is 23.6 Å². The van der Waals surface area contributed by atoms with Crippen LogP contribution >= 0.6 is 0 Å². The largest absolute Gasteiger partial charge is 0.496 e. The number of hydrogen-bond donors (Lipinski definition) is 3. The Kier molecular flexibility index (Phi) is 8.28. The molecule has 0 aliphatic rings. The number of benzene rings is 2. The van der Waals surface area contributed by atoms with Crippen LogP contribution in [0.4, 0.5) is 0 Å². The summed E-state index contributed by atoms with van der Waals surface area (Å²) in [7, 11) is -0.229. The molecule has 0 saturated heterocycles. The average molecular weight is 405 g/mol. The predicted molar refractivity (Wildman–Crippen MR) is 113 cm³/mol. The normalized spacial score (nSPS) is 11.9. The molecule has 0 heterocycles. The molecule has 0 atom stereocenters. The first kappa shape index (κ1) is 21.7. The van der Waals surface area contributed by atoms with Gasteiger partial charge >= 0.3 is 0 Å². The molecule has 0 bridgehead atoms. The van der Waals surface area contributed by atoms with Gasteiger partial charge in [0.25, 0.3) is 0 Å². The fourth-order valence-corrected chi connectivity index (χ4v) is 3.41. The molecule has 152 valence electrons. The van der Waals surface area contributed by atoms with Gasteiger partial charge in [-0.1, -0.05) is 42.5 Å². The molecule has 8 heteroatoms. The fourth-order valence-electron chi connectivity index (χ4n) is 2.65. The van der Waals surface area contributed by atoms with Gasteiger partial charge in [-0.3, -0.25) is 0 Å². The Bertz CT molecular complexity index is 898. The average Bonchev–Trinajstić information content (AvgIpc) is 2.70. The molecular formula is C20H28N4O3S. The van der Waals surface area contributed by atoms with E-state index in [0.29, 0.717) is 19.0 Å². The number of rotatable bonds is 9. The Hall–Kier alpha value is -2.58. The zero-order chi connectivity index (χ0) is 20.4. The molecule has 7 nitrogen and oxygen atoms in total. The number of para-hydroxylation sites is 1. The summed E-state index contributed by atoms with van der Waals surface area (Å²) in [6, 6.07) is 15.3. The van der Waals surface area contributed by atoms with Crippen molar-refractivity contribution >= 4 is 16.0 Å². The molecule has 3 N–H and O–H groups in total. The molecule has 2 rings (SSSR count). The summed E-state index contributed by atoms with van der Waals surface area (Å²) in [6.07, 6.45) is 0. The lowest BCUT2D eigenvalue weighted by atomic mass is 10.1. The van der Waals surface area contributed by atoms with Crippen molar-refractivity contribution in [2.45, 2.75) is 25.8 Å². The van der Waals surface area contributed by atoms with Gasteiger partial charge in [-0.2, -0.15) is 0 Å². The summed E-state index contributed by atoms with van der Waals surface area (Å²) in [5, 5.41) is 6.51. The molecule has 0 radical (unpaired) electrons. The van der Waals surface area contributed by atoms with E-state index in [1.165, 1.54) is 7.05 Å². The van der Waals surface area contributed by atoms with Crippen LogP contribution < -0.4 is 20.1 Å². The van der Waals surface area contributed by atoms with Crippen molar-refractivity contribution in [3.63, 3.8) is 0 Å². The Morgan fingerprint density at radius 1 is 1.07 bits per heavy atom. The summed E-state index contributed by atoms with van der Waals surface area (Å²) in [5.74, 6) is 1.46. The highest BCUT2D eigenvalue weighted by atomic mass is 32.2. The van der Waals surface area contributed by atoms with Gasteiger partial charge in [0.05, 0.1) is 19.4 Å². The van der Waals surface area contributed by atoms with Gasteiger partial charge in [0.15, 0.2) is 5.96 Å². The Balaban J connectivity index is 2.06. The summed E-state index contributed by atoms with van der Waals surface area (Å²) in [5.41, 5.74) is 2.71. The van der Waals surface area contributed by atoms with Crippen LogP contribution in [-0.4, -0.2) is 35.1 Å². The monoisotopic (exact) mass is 404 g/mol. The molecule has 0 aliphatic heterocycles. The van der Waals surface area contributed by atoms with E-state index in [2.05, 4.69) is 20.3 Å². The number of guanidine groups is 1. The van der Waals surface area contributed by atoms with E-state index in [1.54, 1.807) is 13.2 Å². The van der Waals surface area contributed by atoms with Gasteiger partial charge in [0.1, 0.15) is 5.75 Å². The van der Waals surface area contributed by atoms with E-state index in [1.807, 2.05) is 49.4 Å². The lowest BCUT2D eigenvalue weighted by Crippen LogP contribution is -2.36. The van der Waals surface area contributed by atoms with E-state index in [0.717, 1.165) is 29.0 Å². The minimum atomic E-state index is -3.30. The quantitative estimate of drug-likeness (QED) is 0.439. The smallest absolute Gasteiger partial charge is 0.215 e. The van der Waals surface area contributed by atoms with E-state index in [4.69, 9.17) is 4.74 Å². The fraction of sp³-hybridized carbons (Fsp3) is 0.350. The number of nitrogens with one attached hydrogen (secondary N) is 3. The second kappa shape index (κ2) is 10.7. The molecule has 0 fully saturated rings. The lowest BCUT2D eigenvalue weighted by Gasteiger charge is -2.13. The lowest BCUT2D eigenvalue weighted by molar-refractivity contribution is 0.409. The van der Waals surface area contributed by atoms with Crippen molar-refractivity contribution in [1.82, 2.24) is 15.4 Å². The molecule has 0 amide bonds. The molecule has 28 heavy (non-hydrogen) atoms. The Labute approximate surface area is 167 Å². The second-order valence-corrected chi connectivity index (χ2v) is 8.07. The highest BCUT2D eigenvalue weighted by Gasteiger charge is 2.09. The standard InChI is InChI=1S/C20H28N4O3S/c1-4-22-20(24-14-18-10-5-6-11-19(18)27-3)23-13-16-8-7-9-17(12-16)15-28(25,26)21-2/h5-12,21H,4,13-15H2,1-3H3,(H2,22,23,24). The minimum Gasteiger partial charge on any atom is -0.496 e. The van der Waals surface area contributed by atoms with Crippen LogP contribution in [0.2, 0.25) is 0 Å². The van der Waals surface area contributed by atoms with Gasteiger partial charge in [-0.15, -0.1) is 0 Å². The predicted octanol–water partition coefficient (Wildman–Crippen LogP) is 2.00. The van der Waals surface area contributed by atoms with E-state index >= 15 is 0 Å². The number of hydrogen-bond acceptors (Lipinski definition) is 4. The molecular weight excluding hydrogens is 376 g/mol. The van der Waals surface area contributed by atoms with Crippen molar-refractivity contribution in [3.05, 3.63) is 65.2 Å². The third-order valence-corrected chi connectivity index (χ3v) is 5.40. The first-order valence-corrected chi connectivity index (χ1v) is 10.8. The molecule has 2 aromatic rings. The summed E-state index contributed by atoms with van der Waals surface area (Å²) in [4.78, 5) is 4.60. The van der Waals surface area contributed by atoms with Gasteiger partial charge < -0.3 is 15.4 Å². The number of ether oxygens (including phenoxy) is 1. The number of sulfonamides is 1. The van der Waals surface area contributed by atoms with Crippen molar-refractivity contribution < 1.29 is 13.2 Å². The molecule has 0 spiro atoms. The minimum absolute atomic E-state index is 0.0484. The third kappa shape index (κ3) is 6.86. The topological polar surface area (TPSA) is 91.8 Å². The van der Waals surface area contributed by atoms with E-state index in [-0.39, 0.29) is 5.75 Å². The van der Waals surface area contributed by atoms with Crippen molar-refractivity contribution in [1.29, 1.82) is 0 Å². The first-order valence-electron chi connectivity index (χ1n) is 9.10. The van der Waals surface area contributed by atoms with E-state index < -0.39 is 10.0 Å². The van der Waals surface area contributed by atoms with Crippen LogP contribution in [0, 0.1) is 0 Å². The van der Waals surface area contributed by atoms with Gasteiger partial charge in [0.2, 0.25) is 10.0 Å². The van der Waals surface area contributed by atoms with Gasteiger partial charge in [-0.05, 0) is 31.2 Å². The third-order valence-electron chi connectivity index (χ3n) is 4.06. The van der Waals surface area contributed by atoms with Crippen LogP contribution in [0.15, 0.2) is 53.5 Å². The maximum atomic E-state index is 11.7. The summed E-state index contributed by atoms with van der Waals surface area (Å²) < 4.78 is 31.2. The van der Waals surface area contributed by atoms with Gasteiger partial charge in [-0.25, -0.2) is 18.1 Å². The van der Waals surface area contributed by atoms with E-state index in [9.17, 15) is 8.42 Å². The van der Waals surface area contributed by atoms with Crippen LogP contribution in [0.5, 0.6) is 5.75 Å². The molecule has 2 aromatic carbocycles. The highest BCUT2D eigenvalue weighted by Crippen LogP contribution is 2.16. The van der Waals surface area contributed by atoms with Crippen molar-refractivity contribution in [3.8, 4) is 5.75 Å². The maximum absolute atomic E-state index is 11.7. The SMILES string of the molecule is CCNC(=NCc1cccc(CS(=O)(=O)NC)c1)NCc1ccccc1OC. The molecule has 0 aromatic heterocycles. The molecule has 0 unspecified atom stereocenters. The summed E-state index contributed by atoms with van der Waals surface area (Å²) >= 11 is 0. The Morgan fingerprint density at radius 3 is 2.54 bits per heavy atom. The molecule has 0 saturated carbocycles. The van der Waals surface area contributed by atoms with Crippen LogP contribution in [0.25, 0.3) is 0 Å². The van der Waals surface area contributed by atoms with Crippen molar-refractivity contribution in [2.75, 3.05) is 20.7 Å². The zero-order valence-corrected chi connectivity index (χ0v) is 17.3. The first-order chi connectivity index (χ1) is 13.5. The Morgan fingerprint density at radius 2 is 1.82 bits per heavy atom. The van der Waals surface area contributed by atoms with Crippen molar-refractivity contribution in [2.24, 2.45) is 4.99 Å². The maximum Gasteiger partial charge on any atom is 0.215 e. The number of methoxy groups -OCH3 is 1. The number of aliphatic imine (C=N–C) groups is 1. The second-order valence-electron chi connectivity index (χ2n) is 6.14. The van der Waals surface area contributed by atoms with Crippen LogP contribution in [0.3, 0.4) is 0 Å². The molecule has 0 aliphatic carbocycles. The highest BCUT2D eigenvalue weighted by molar-refractivity contribution is 7.88. The van der Waals surface area contributed by atoms with Crippen LogP contribution in [-0.2, 0) is 28.9 Å². The van der Waals surface area contributed by atoms with Gasteiger partial charge in [0, 0.05) is 18.7 Å². The zero-order valence-electron chi connectivity index (χ0n) is 16.5.